The molecule has 3 aromatic rings. The molecule has 2 N–H and O–H groups in total. The Bertz CT molecular complexity index is 1030. The second kappa shape index (κ2) is 7.42. The van der Waals surface area contributed by atoms with Crippen molar-refractivity contribution < 1.29 is 5.11 Å². The number of aromatic hydroxyl groups is 1. The predicted octanol–water partition coefficient (Wildman–Crippen LogP) is 5.75. The fraction of sp³-hybridized carbons (Fsp3) is 0.208. The van der Waals surface area contributed by atoms with Crippen LogP contribution >= 0.6 is 11.6 Å². The Balaban J connectivity index is 1.83. The molecule has 0 aromatic heterocycles. The van der Waals surface area contributed by atoms with Crippen molar-refractivity contribution in [3.63, 3.8) is 0 Å². The van der Waals surface area contributed by atoms with Crippen molar-refractivity contribution in [2.45, 2.75) is 32.0 Å². The van der Waals surface area contributed by atoms with Crippen LogP contribution < -0.4 is 5.32 Å². The summed E-state index contributed by atoms with van der Waals surface area (Å²) in [5.41, 5.74) is 4.53. The fourth-order valence-corrected chi connectivity index (χ4v) is 3.96. The molecule has 0 radical (unpaired) electrons. The van der Waals surface area contributed by atoms with E-state index in [1.54, 1.807) is 6.07 Å². The normalized spacial score (nSPS) is 22.0. The number of phenolic OH excluding ortho intramolecular Hbond substituents is 1. The lowest BCUT2D eigenvalue weighted by molar-refractivity contribution is 0.309. The molecule has 142 valence electrons. The fourth-order valence-electron chi connectivity index (χ4n) is 3.77. The maximum Gasteiger partial charge on any atom is 0.134 e. The number of hydrogen-bond acceptors (Lipinski definition) is 3. The third-order valence-corrected chi connectivity index (χ3v) is 5.53. The van der Waals surface area contributed by atoms with Crippen LogP contribution in [-0.2, 0) is 5.66 Å². The summed E-state index contributed by atoms with van der Waals surface area (Å²) in [7, 11) is 0. The average Bonchev–Trinajstić information content (AvgIpc) is 2.68. The van der Waals surface area contributed by atoms with E-state index in [1.807, 2.05) is 42.5 Å². The summed E-state index contributed by atoms with van der Waals surface area (Å²) in [5.74, 6) is 0.290. The number of para-hydroxylation sites is 1. The number of halogens is 1. The number of rotatable bonds is 3. The molecule has 0 amide bonds. The minimum atomic E-state index is -0.656. The molecule has 2 atom stereocenters. The monoisotopic (exact) mass is 390 g/mol. The van der Waals surface area contributed by atoms with Crippen LogP contribution in [0.2, 0.25) is 5.02 Å². The molecule has 4 heteroatoms. The molecule has 3 aromatic carbocycles. The van der Waals surface area contributed by atoms with Gasteiger partial charge in [-0.3, -0.25) is 10.3 Å². The third-order valence-electron chi connectivity index (χ3n) is 5.30. The van der Waals surface area contributed by atoms with Crippen LogP contribution in [0.15, 0.2) is 77.8 Å². The summed E-state index contributed by atoms with van der Waals surface area (Å²) >= 11 is 6.26. The first-order valence-corrected chi connectivity index (χ1v) is 9.80. The Morgan fingerprint density at radius 1 is 1.04 bits per heavy atom. The number of nitrogens with one attached hydrogen (secondary N) is 1. The Hall–Kier alpha value is -2.62. The van der Waals surface area contributed by atoms with Gasteiger partial charge >= 0.3 is 0 Å². The summed E-state index contributed by atoms with van der Waals surface area (Å²) in [5, 5.41) is 14.8. The summed E-state index contributed by atoms with van der Waals surface area (Å²) in [6, 6.07) is 23.6. The van der Waals surface area contributed by atoms with Crippen molar-refractivity contribution in [3.8, 4) is 5.75 Å². The van der Waals surface area contributed by atoms with Crippen molar-refractivity contribution in [2.24, 2.45) is 4.99 Å². The van der Waals surface area contributed by atoms with E-state index in [2.05, 4.69) is 43.4 Å². The van der Waals surface area contributed by atoms with Gasteiger partial charge in [0.05, 0.1) is 0 Å². The van der Waals surface area contributed by atoms with Gasteiger partial charge in [0.25, 0.3) is 0 Å². The highest BCUT2D eigenvalue weighted by Gasteiger charge is 2.35. The Labute approximate surface area is 170 Å². The van der Waals surface area contributed by atoms with E-state index in [9.17, 15) is 5.11 Å². The van der Waals surface area contributed by atoms with Gasteiger partial charge in [0.1, 0.15) is 11.4 Å². The molecule has 0 unspecified atom stereocenters. The second-order valence-corrected chi connectivity index (χ2v) is 7.90. The highest BCUT2D eigenvalue weighted by molar-refractivity contribution is 6.30. The van der Waals surface area contributed by atoms with Crippen LogP contribution in [0.1, 0.15) is 41.6 Å². The van der Waals surface area contributed by atoms with Gasteiger partial charge in [0, 0.05) is 28.8 Å². The van der Waals surface area contributed by atoms with Crippen LogP contribution in [0.25, 0.3) is 0 Å². The minimum Gasteiger partial charge on any atom is -0.508 e. The zero-order chi connectivity index (χ0) is 19.7. The standard InChI is InChI=1S/C24H23ClN2O/c1-16-10-12-17(13-11-16)21-15-22(20-8-3-4-9-23(20)28)27-24(2,26-21)18-6-5-7-19(25)14-18/h3-14,22,27-28H,15H2,1-2H3/t22-,24-/m0/s1. The number of aliphatic imine (C=N–C) groups is 1. The van der Waals surface area contributed by atoms with Gasteiger partial charge in [-0.15, -0.1) is 0 Å². The molecule has 0 bridgehead atoms. The molecule has 1 heterocycles. The lowest BCUT2D eigenvalue weighted by Crippen LogP contribution is -2.45. The van der Waals surface area contributed by atoms with Crippen LogP contribution in [0, 0.1) is 6.92 Å². The zero-order valence-corrected chi connectivity index (χ0v) is 16.7. The molecule has 1 aliphatic rings. The zero-order valence-electron chi connectivity index (χ0n) is 16.0. The maximum atomic E-state index is 10.4. The van der Waals surface area contributed by atoms with Gasteiger partial charge in [-0.05, 0) is 43.2 Å². The van der Waals surface area contributed by atoms with E-state index in [-0.39, 0.29) is 6.04 Å². The highest BCUT2D eigenvalue weighted by atomic mass is 35.5. The molecule has 0 fully saturated rings. The molecular weight excluding hydrogens is 368 g/mol. The topological polar surface area (TPSA) is 44.6 Å². The first kappa shape index (κ1) is 18.7. The van der Waals surface area contributed by atoms with E-state index in [4.69, 9.17) is 16.6 Å². The van der Waals surface area contributed by atoms with Crippen LogP contribution in [-0.4, -0.2) is 10.8 Å². The van der Waals surface area contributed by atoms with Crippen LogP contribution in [0.4, 0.5) is 0 Å². The van der Waals surface area contributed by atoms with Gasteiger partial charge in [0.2, 0.25) is 0 Å². The minimum absolute atomic E-state index is 0.0704. The smallest absolute Gasteiger partial charge is 0.134 e. The van der Waals surface area contributed by atoms with E-state index in [0.29, 0.717) is 17.2 Å². The van der Waals surface area contributed by atoms with Crippen molar-refractivity contribution >= 4 is 17.3 Å². The molecule has 4 rings (SSSR count). The largest absolute Gasteiger partial charge is 0.508 e. The summed E-state index contributed by atoms with van der Waals surface area (Å²) in [6.45, 7) is 4.13. The van der Waals surface area contributed by atoms with Gasteiger partial charge in [-0.2, -0.15) is 0 Å². The number of phenols is 1. The number of nitrogens with zero attached hydrogens (tertiary/aromatic N) is 1. The van der Waals surface area contributed by atoms with E-state index < -0.39 is 5.66 Å². The van der Waals surface area contributed by atoms with Crippen LogP contribution in [0.3, 0.4) is 0 Å². The second-order valence-electron chi connectivity index (χ2n) is 7.47. The lowest BCUT2D eigenvalue weighted by Gasteiger charge is -2.38. The van der Waals surface area contributed by atoms with E-state index in [0.717, 1.165) is 22.4 Å². The highest BCUT2D eigenvalue weighted by Crippen LogP contribution is 2.37. The molecule has 0 saturated heterocycles. The molecular formula is C24H23ClN2O. The van der Waals surface area contributed by atoms with Crippen molar-refractivity contribution in [1.29, 1.82) is 0 Å². The molecule has 3 nitrogen and oxygen atoms in total. The first-order chi connectivity index (χ1) is 13.4. The number of aryl methyl sites for hydroxylation is 1. The van der Waals surface area contributed by atoms with Gasteiger partial charge < -0.3 is 5.11 Å². The van der Waals surface area contributed by atoms with Gasteiger partial charge in [0.15, 0.2) is 0 Å². The van der Waals surface area contributed by atoms with Crippen molar-refractivity contribution in [3.05, 3.63) is 100 Å². The average molecular weight is 391 g/mol. The van der Waals surface area contributed by atoms with E-state index in [1.165, 1.54) is 5.56 Å². The first-order valence-electron chi connectivity index (χ1n) is 9.42. The maximum absolute atomic E-state index is 10.4. The molecule has 0 spiro atoms. The summed E-state index contributed by atoms with van der Waals surface area (Å²) in [6.07, 6.45) is 0.691. The summed E-state index contributed by atoms with van der Waals surface area (Å²) < 4.78 is 0. The third kappa shape index (κ3) is 3.68. The van der Waals surface area contributed by atoms with Gasteiger partial charge in [-0.25, -0.2) is 0 Å². The molecule has 1 aliphatic heterocycles. The Morgan fingerprint density at radius 2 is 1.79 bits per heavy atom. The Morgan fingerprint density at radius 3 is 2.50 bits per heavy atom. The molecule has 0 saturated carbocycles. The molecule has 28 heavy (non-hydrogen) atoms. The summed E-state index contributed by atoms with van der Waals surface area (Å²) in [4.78, 5) is 5.10. The Kier molecular flexibility index (Phi) is 4.96. The van der Waals surface area contributed by atoms with Crippen molar-refractivity contribution in [2.75, 3.05) is 0 Å². The molecule has 0 aliphatic carbocycles. The number of hydrogen-bond donors (Lipinski definition) is 2. The quantitative estimate of drug-likeness (QED) is 0.598. The van der Waals surface area contributed by atoms with E-state index >= 15 is 0 Å². The predicted molar refractivity (Wildman–Crippen MR) is 115 cm³/mol. The lowest BCUT2D eigenvalue weighted by atomic mass is 9.89. The SMILES string of the molecule is Cc1ccc(C2=N[C@](C)(c3cccc(Cl)c3)N[C@H](c3ccccc3O)C2)cc1. The van der Waals surface area contributed by atoms with Crippen molar-refractivity contribution in [1.82, 2.24) is 5.32 Å². The van der Waals surface area contributed by atoms with Crippen LogP contribution in [0.5, 0.6) is 5.75 Å². The number of benzene rings is 3. The van der Waals surface area contributed by atoms with Gasteiger partial charge in [-0.1, -0.05) is 71.8 Å².